The summed E-state index contributed by atoms with van der Waals surface area (Å²) in [6.45, 7) is 10.2. The third-order valence-electron chi connectivity index (χ3n) is 9.56. The maximum Gasteiger partial charge on any atom is 0.00757 e. The molecule has 132 valence electrons. The molecule has 0 aromatic rings. The van der Waals surface area contributed by atoms with E-state index in [4.69, 9.17) is 5.73 Å². The van der Waals surface area contributed by atoms with E-state index in [1.165, 1.54) is 57.8 Å². The van der Waals surface area contributed by atoms with Gasteiger partial charge in [0.1, 0.15) is 0 Å². The van der Waals surface area contributed by atoms with Gasteiger partial charge in [-0.1, -0.05) is 40.5 Å². The van der Waals surface area contributed by atoms with Crippen LogP contribution in [0.2, 0.25) is 0 Å². The van der Waals surface area contributed by atoms with Crippen LogP contribution in [-0.4, -0.2) is 6.04 Å². The third-order valence-corrected chi connectivity index (χ3v) is 9.56. The van der Waals surface area contributed by atoms with Gasteiger partial charge in [-0.2, -0.15) is 0 Å². The predicted molar refractivity (Wildman–Crippen MR) is 98.0 cm³/mol. The van der Waals surface area contributed by atoms with Gasteiger partial charge in [0.05, 0.1) is 0 Å². The van der Waals surface area contributed by atoms with E-state index in [2.05, 4.69) is 27.7 Å². The van der Waals surface area contributed by atoms with E-state index in [9.17, 15) is 0 Å². The molecule has 4 unspecified atom stereocenters. The molecule has 0 saturated heterocycles. The van der Waals surface area contributed by atoms with Gasteiger partial charge in [0.15, 0.2) is 0 Å². The van der Waals surface area contributed by atoms with Crippen LogP contribution < -0.4 is 5.73 Å². The first-order chi connectivity index (χ1) is 10.9. The van der Waals surface area contributed by atoms with E-state index < -0.39 is 0 Å². The minimum absolute atomic E-state index is 0.492. The van der Waals surface area contributed by atoms with Gasteiger partial charge in [-0.3, -0.25) is 0 Å². The molecule has 4 saturated carbocycles. The molecule has 4 aliphatic carbocycles. The van der Waals surface area contributed by atoms with E-state index in [-0.39, 0.29) is 0 Å². The Kier molecular flexibility index (Phi) is 3.91. The highest BCUT2D eigenvalue weighted by Gasteiger charge is 2.61. The maximum atomic E-state index is 6.89. The first-order valence-electron chi connectivity index (χ1n) is 10.6. The smallest absolute Gasteiger partial charge is 0.00757 e. The zero-order chi connectivity index (χ0) is 16.4. The van der Waals surface area contributed by atoms with Gasteiger partial charge in [-0.05, 0) is 91.3 Å². The SMILES string of the molecule is CC(C)[C@H]1CCC2C3C(CC[C@@]21C)[C@@]1(C)CCCCC1C[C@@H]3N. The zero-order valence-electron chi connectivity index (χ0n) is 16.0. The highest BCUT2D eigenvalue weighted by molar-refractivity contribution is 5.11. The standard InChI is InChI=1S/C22H39N/c1-14(2)16-8-9-17-20-18(10-12-22(16,17)4)21(3)11-6-5-7-15(21)13-19(20)23/h14-20H,5-13,23H2,1-4H3/t15?,16-,17?,18?,19+,20?,21+,22-/m1/s1. The van der Waals surface area contributed by atoms with Crippen LogP contribution in [0.5, 0.6) is 0 Å². The molecule has 4 rings (SSSR count). The lowest BCUT2D eigenvalue weighted by Crippen LogP contribution is -2.59. The van der Waals surface area contributed by atoms with Crippen LogP contribution in [0.1, 0.15) is 85.5 Å². The summed E-state index contributed by atoms with van der Waals surface area (Å²) in [5.74, 6) is 5.40. The number of hydrogen-bond acceptors (Lipinski definition) is 1. The van der Waals surface area contributed by atoms with Gasteiger partial charge in [0.25, 0.3) is 0 Å². The summed E-state index contributed by atoms with van der Waals surface area (Å²) in [5, 5.41) is 0. The molecule has 0 radical (unpaired) electrons. The second kappa shape index (κ2) is 5.48. The molecule has 4 fully saturated rings. The third kappa shape index (κ3) is 2.21. The van der Waals surface area contributed by atoms with Gasteiger partial charge < -0.3 is 5.73 Å². The van der Waals surface area contributed by atoms with Crippen molar-refractivity contribution in [1.29, 1.82) is 0 Å². The minimum atomic E-state index is 0.492. The quantitative estimate of drug-likeness (QED) is 0.666. The second-order valence-corrected chi connectivity index (χ2v) is 10.6. The van der Waals surface area contributed by atoms with Crippen molar-refractivity contribution in [2.75, 3.05) is 0 Å². The van der Waals surface area contributed by atoms with Crippen molar-refractivity contribution in [2.24, 2.45) is 52.1 Å². The molecule has 0 bridgehead atoms. The number of rotatable bonds is 1. The van der Waals surface area contributed by atoms with Crippen molar-refractivity contribution in [3.63, 3.8) is 0 Å². The first-order valence-corrected chi connectivity index (χ1v) is 10.6. The lowest BCUT2D eigenvalue weighted by molar-refractivity contribution is -0.122. The van der Waals surface area contributed by atoms with E-state index >= 15 is 0 Å². The number of fused-ring (bicyclic) bond motifs is 5. The van der Waals surface area contributed by atoms with E-state index in [0.29, 0.717) is 16.9 Å². The Morgan fingerprint density at radius 1 is 0.870 bits per heavy atom. The molecule has 0 heterocycles. The van der Waals surface area contributed by atoms with Gasteiger partial charge >= 0.3 is 0 Å². The van der Waals surface area contributed by atoms with Gasteiger partial charge in [-0.25, -0.2) is 0 Å². The average Bonchev–Trinajstić information content (AvgIpc) is 2.85. The molecule has 8 atom stereocenters. The monoisotopic (exact) mass is 317 g/mol. The van der Waals surface area contributed by atoms with Crippen molar-refractivity contribution in [2.45, 2.75) is 91.5 Å². The summed E-state index contributed by atoms with van der Waals surface area (Å²) in [4.78, 5) is 0. The maximum absolute atomic E-state index is 6.89. The molecule has 0 aromatic carbocycles. The van der Waals surface area contributed by atoms with Crippen LogP contribution in [-0.2, 0) is 0 Å². The van der Waals surface area contributed by atoms with E-state index in [1.54, 1.807) is 0 Å². The van der Waals surface area contributed by atoms with E-state index in [1.807, 2.05) is 0 Å². The van der Waals surface area contributed by atoms with Crippen molar-refractivity contribution >= 4 is 0 Å². The molecule has 23 heavy (non-hydrogen) atoms. The normalized spacial score (nSPS) is 56.1. The highest BCUT2D eigenvalue weighted by atomic mass is 14.8. The van der Waals surface area contributed by atoms with Crippen LogP contribution in [0.15, 0.2) is 0 Å². The van der Waals surface area contributed by atoms with E-state index in [0.717, 1.165) is 35.5 Å². The Morgan fingerprint density at radius 2 is 1.61 bits per heavy atom. The largest absolute Gasteiger partial charge is 0.327 e. The predicted octanol–water partition coefficient (Wildman–Crippen LogP) is 5.63. The van der Waals surface area contributed by atoms with Crippen LogP contribution in [0.4, 0.5) is 0 Å². The molecule has 0 amide bonds. The summed E-state index contributed by atoms with van der Waals surface area (Å²) in [6.07, 6.45) is 13.1. The summed E-state index contributed by atoms with van der Waals surface area (Å²) < 4.78 is 0. The molecule has 4 aliphatic rings. The fourth-order valence-corrected chi connectivity index (χ4v) is 8.49. The average molecular weight is 318 g/mol. The van der Waals surface area contributed by atoms with Crippen molar-refractivity contribution in [1.82, 2.24) is 0 Å². The molecule has 2 N–H and O–H groups in total. The molecule has 1 heteroatoms. The summed E-state index contributed by atoms with van der Waals surface area (Å²) in [6, 6.07) is 0.492. The number of hydrogen-bond donors (Lipinski definition) is 1. The molecular weight excluding hydrogens is 278 g/mol. The van der Waals surface area contributed by atoms with Crippen LogP contribution in [0.25, 0.3) is 0 Å². The van der Waals surface area contributed by atoms with Gasteiger partial charge in [0.2, 0.25) is 0 Å². The zero-order valence-corrected chi connectivity index (χ0v) is 16.0. The Balaban J connectivity index is 1.67. The number of nitrogens with two attached hydrogens (primary N) is 1. The second-order valence-electron chi connectivity index (χ2n) is 10.6. The molecule has 0 spiro atoms. The summed E-state index contributed by atoms with van der Waals surface area (Å²) in [5.41, 5.74) is 8.10. The molecule has 1 nitrogen and oxygen atoms in total. The Labute approximate surface area is 144 Å². The Morgan fingerprint density at radius 3 is 2.35 bits per heavy atom. The van der Waals surface area contributed by atoms with Crippen molar-refractivity contribution < 1.29 is 0 Å². The minimum Gasteiger partial charge on any atom is -0.327 e. The molecule has 0 aliphatic heterocycles. The summed E-state index contributed by atoms with van der Waals surface area (Å²) in [7, 11) is 0. The fourth-order valence-electron chi connectivity index (χ4n) is 8.49. The van der Waals surface area contributed by atoms with Crippen LogP contribution in [0, 0.1) is 46.3 Å². The Hall–Kier alpha value is -0.0400. The van der Waals surface area contributed by atoms with Crippen LogP contribution >= 0.6 is 0 Å². The van der Waals surface area contributed by atoms with Gasteiger partial charge in [0, 0.05) is 6.04 Å². The van der Waals surface area contributed by atoms with Gasteiger partial charge in [-0.15, -0.1) is 0 Å². The first kappa shape index (κ1) is 16.4. The topological polar surface area (TPSA) is 26.0 Å². The lowest BCUT2D eigenvalue weighted by atomic mass is 9.43. The Bertz CT molecular complexity index is 457. The van der Waals surface area contributed by atoms with Crippen molar-refractivity contribution in [3.05, 3.63) is 0 Å². The molecular formula is C22H39N. The fraction of sp³-hybridized carbons (Fsp3) is 1.00. The van der Waals surface area contributed by atoms with Crippen LogP contribution in [0.3, 0.4) is 0 Å². The highest BCUT2D eigenvalue weighted by Crippen LogP contribution is 2.67. The van der Waals surface area contributed by atoms with Crippen molar-refractivity contribution in [3.8, 4) is 0 Å². The lowest BCUT2D eigenvalue weighted by Gasteiger charge is -2.62. The molecule has 0 aromatic heterocycles. The summed E-state index contributed by atoms with van der Waals surface area (Å²) >= 11 is 0.